The molecule has 0 spiro atoms. The summed E-state index contributed by atoms with van der Waals surface area (Å²) in [5.41, 5.74) is 2.02. The molecule has 0 unspecified atom stereocenters. The molecule has 2 aromatic rings. The van der Waals surface area contributed by atoms with E-state index in [0.717, 1.165) is 55.7 Å². The Morgan fingerprint density at radius 2 is 1.90 bits per heavy atom. The van der Waals surface area contributed by atoms with Gasteiger partial charge in [-0.05, 0) is 17.7 Å². The molecule has 3 rings (SSSR count). The monoisotopic (exact) mass is 542 g/mol. The van der Waals surface area contributed by atoms with Crippen LogP contribution < -0.4 is 10.1 Å². The number of carbonyl (C=O) groups excluding carboxylic acids is 1. The minimum atomic E-state index is 0. The van der Waals surface area contributed by atoms with Crippen LogP contribution in [0.15, 0.2) is 46.1 Å². The summed E-state index contributed by atoms with van der Waals surface area (Å²) in [7, 11) is 5.15. The Morgan fingerprint density at radius 3 is 2.48 bits per heavy atom. The Labute approximate surface area is 200 Å². The van der Waals surface area contributed by atoms with E-state index in [1.54, 1.807) is 32.4 Å². The third-order valence-corrected chi connectivity index (χ3v) is 5.02. The summed E-state index contributed by atoms with van der Waals surface area (Å²) in [6.45, 7) is 4.94. The summed E-state index contributed by atoms with van der Waals surface area (Å²) >= 11 is 0. The molecule has 31 heavy (non-hydrogen) atoms. The molecule has 2 heterocycles. The van der Waals surface area contributed by atoms with Crippen molar-refractivity contribution in [1.29, 1.82) is 0 Å². The predicted octanol–water partition coefficient (Wildman–Crippen LogP) is 1.65. The molecular formula is C21H31IN6O3. The lowest BCUT2D eigenvalue weighted by Crippen LogP contribution is -2.53. The summed E-state index contributed by atoms with van der Waals surface area (Å²) in [5, 5.41) is 7.23. The number of amides is 1. The topological polar surface area (TPSA) is 86.4 Å². The zero-order chi connectivity index (χ0) is 21.3. The minimum Gasteiger partial charge on any atom is -0.497 e. The van der Waals surface area contributed by atoms with Crippen molar-refractivity contribution < 1.29 is 14.1 Å². The average Bonchev–Trinajstić information content (AvgIpc) is 3.27. The van der Waals surface area contributed by atoms with Gasteiger partial charge in [0, 0.05) is 52.9 Å². The van der Waals surface area contributed by atoms with Gasteiger partial charge >= 0.3 is 0 Å². The number of guanidine groups is 1. The summed E-state index contributed by atoms with van der Waals surface area (Å²) in [6, 6.07) is 9.75. The zero-order valence-corrected chi connectivity index (χ0v) is 20.6. The second-order valence-electron chi connectivity index (χ2n) is 7.38. The lowest BCUT2D eigenvalue weighted by atomic mass is 10.2. The number of nitrogens with one attached hydrogen (secondary N) is 1. The lowest BCUT2D eigenvalue weighted by Gasteiger charge is -2.36. The number of benzene rings is 1. The summed E-state index contributed by atoms with van der Waals surface area (Å²) < 4.78 is 10.1. The predicted molar refractivity (Wildman–Crippen MR) is 130 cm³/mol. The van der Waals surface area contributed by atoms with E-state index in [2.05, 4.69) is 20.3 Å². The number of rotatable bonds is 7. The molecule has 0 atom stereocenters. The molecule has 0 radical (unpaired) electrons. The van der Waals surface area contributed by atoms with E-state index in [4.69, 9.17) is 14.3 Å². The molecule has 1 fully saturated rings. The van der Waals surface area contributed by atoms with Crippen LogP contribution in [0.4, 0.5) is 0 Å². The molecule has 1 amide bonds. The smallest absolute Gasteiger partial charge is 0.241 e. The minimum absolute atomic E-state index is 0. The summed E-state index contributed by atoms with van der Waals surface area (Å²) in [5.74, 6) is 1.58. The van der Waals surface area contributed by atoms with Crippen molar-refractivity contribution in [3.8, 4) is 5.75 Å². The molecule has 0 aliphatic carbocycles. The molecule has 1 N–H and O–H groups in total. The van der Waals surface area contributed by atoms with Crippen LogP contribution in [0, 0.1) is 0 Å². The van der Waals surface area contributed by atoms with E-state index in [9.17, 15) is 4.79 Å². The van der Waals surface area contributed by atoms with E-state index in [0.29, 0.717) is 6.54 Å². The van der Waals surface area contributed by atoms with Gasteiger partial charge in [0.1, 0.15) is 12.0 Å². The normalized spacial score (nSPS) is 14.7. The maximum Gasteiger partial charge on any atom is 0.241 e. The van der Waals surface area contributed by atoms with Crippen LogP contribution in [0.25, 0.3) is 0 Å². The average molecular weight is 542 g/mol. The van der Waals surface area contributed by atoms with Gasteiger partial charge in [0.15, 0.2) is 5.96 Å². The molecule has 10 heteroatoms. The highest BCUT2D eigenvalue weighted by atomic mass is 127. The first-order chi connectivity index (χ1) is 14.5. The largest absolute Gasteiger partial charge is 0.497 e. The van der Waals surface area contributed by atoms with Crippen LogP contribution >= 0.6 is 24.0 Å². The van der Waals surface area contributed by atoms with Gasteiger partial charge in [-0.3, -0.25) is 9.69 Å². The Balaban J connectivity index is 0.00000341. The third-order valence-electron chi connectivity index (χ3n) is 5.02. The number of carbonyl (C=O) groups is 1. The van der Waals surface area contributed by atoms with E-state index >= 15 is 0 Å². The van der Waals surface area contributed by atoms with Crippen molar-refractivity contribution in [3.05, 3.63) is 47.9 Å². The van der Waals surface area contributed by atoms with Crippen molar-refractivity contribution in [2.75, 3.05) is 53.9 Å². The molecule has 0 saturated carbocycles. The molecule has 1 aliphatic heterocycles. The maximum absolute atomic E-state index is 12.1. The van der Waals surface area contributed by atoms with Gasteiger partial charge in [-0.1, -0.05) is 17.3 Å². The van der Waals surface area contributed by atoms with Crippen molar-refractivity contribution in [2.45, 2.75) is 13.1 Å². The second-order valence-corrected chi connectivity index (χ2v) is 7.38. The molecule has 1 aromatic carbocycles. The van der Waals surface area contributed by atoms with Crippen LogP contribution in [0.1, 0.15) is 11.3 Å². The number of hydrogen-bond acceptors (Lipinski definition) is 6. The Hall–Kier alpha value is -2.34. The van der Waals surface area contributed by atoms with Crippen LogP contribution in [0.3, 0.4) is 0 Å². The van der Waals surface area contributed by atoms with Crippen LogP contribution in [-0.2, 0) is 17.9 Å². The van der Waals surface area contributed by atoms with Crippen LogP contribution in [0.5, 0.6) is 5.75 Å². The fourth-order valence-corrected chi connectivity index (χ4v) is 3.14. The number of methoxy groups -OCH3 is 1. The van der Waals surface area contributed by atoms with Crippen LogP contribution in [0.2, 0.25) is 0 Å². The summed E-state index contributed by atoms with van der Waals surface area (Å²) in [6.07, 6.45) is 1.60. The number of likely N-dealkylation sites (N-methyl/N-ethyl adjacent to an activating group) is 1. The van der Waals surface area contributed by atoms with E-state index in [1.807, 2.05) is 30.3 Å². The van der Waals surface area contributed by atoms with Gasteiger partial charge < -0.3 is 24.4 Å². The molecule has 1 saturated heterocycles. The van der Waals surface area contributed by atoms with Gasteiger partial charge in [-0.15, -0.1) is 24.0 Å². The van der Waals surface area contributed by atoms with Crippen molar-refractivity contribution in [2.24, 2.45) is 4.99 Å². The van der Waals surface area contributed by atoms with Crippen molar-refractivity contribution in [3.63, 3.8) is 0 Å². The van der Waals surface area contributed by atoms with Crippen molar-refractivity contribution in [1.82, 2.24) is 25.2 Å². The first-order valence-corrected chi connectivity index (χ1v) is 10.0. The maximum atomic E-state index is 12.1. The van der Waals surface area contributed by atoms with Gasteiger partial charge in [-0.2, -0.15) is 0 Å². The Morgan fingerprint density at radius 1 is 1.19 bits per heavy atom. The quantitative estimate of drug-likeness (QED) is 0.324. The fraction of sp³-hybridized carbons (Fsp3) is 0.476. The Kier molecular flexibility index (Phi) is 10.0. The number of hydrogen-bond donors (Lipinski definition) is 1. The van der Waals surface area contributed by atoms with E-state index in [-0.39, 0.29) is 36.4 Å². The van der Waals surface area contributed by atoms with Gasteiger partial charge in [0.05, 0.1) is 25.9 Å². The van der Waals surface area contributed by atoms with Gasteiger partial charge in [-0.25, -0.2) is 4.99 Å². The first kappa shape index (κ1) is 24.9. The van der Waals surface area contributed by atoms with Gasteiger partial charge in [0.25, 0.3) is 0 Å². The molecule has 1 aromatic heterocycles. The second kappa shape index (κ2) is 12.5. The lowest BCUT2D eigenvalue weighted by molar-refractivity contribution is -0.127. The number of piperazine rings is 1. The number of aliphatic imine (C=N–C) groups is 1. The molecule has 9 nitrogen and oxygen atoms in total. The van der Waals surface area contributed by atoms with E-state index in [1.165, 1.54) is 0 Å². The highest BCUT2D eigenvalue weighted by Crippen LogP contribution is 2.13. The zero-order valence-electron chi connectivity index (χ0n) is 18.3. The first-order valence-electron chi connectivity index (χ1n) is 10.0. The van der Waals surface area contributed by atoms with E-state index < -0.39 is 0 Å². The number of nitrogens with zero attached hydrogens (tertiary/aromatic N) is 5. The number of aromatic nitrogens is 1. The highest BCUT2D eigenvalue weighted by Gasteiger charge is 2.21. The van der Waals surface area contributed by atoms with Gasteiger partial charge in [0.2, 0.25) is 5.91 Å². The number of ether oxygens (including phenoxy) is 1. The summed E-state index contributed by atoms with van der Waals surface area (Å²) in [4.78, 5) is 22.9. The Bertz CT molecular complexity index is 818. The van der Waals surface area contributed by atoms with Crippen LogP contribution in [-0.4, -0.2) is 85.7 Å². The number of halogens is 1. The molecular weight excluding hydrogens is 511 g/mol. The fourth-order valence-electron chi connectivity index (χ4n) is 3.14. The molecule has 170 valence electrons. The van der Waals surface area contributed by atoms with Crippen molar-refractivity contribution >= 4 is 35.8 Å². The molecule has 0 bridgehead atoms. The molecule has 1 aliphatic rings. The third kappa shape index (κ3) is 7.69. The highest BCUT2D eigenvalue weighted by molar-refractivity contribution is 14.0. The standard InChI is InChI=1S/C21H30N6O3.HI/c1-25(2)20(28)15-23-21(22-14-17-4-6-19(29-3)7-5-17)27-11-9-26(10-12-27)16-18-8-13-30-24-18;/h4-8,13H,9-12,14-16H2,1-3H3,(H,22,23);1H. The SMILES string of the molecule is COc1ccc(CN=C(NCC(=O)N(C)C)N2CCN(Cc3ccon3)CC2)cc1.I.